The smallest absolute Gasteiger partial charge is 0.268 e. The minimum atomic E-state index is -4.62. The van der Waals surface area contributed by atoms with E-state index in [-0.39, 0.29) is 12.5 Å². The molecule has 0 aliphatic rings. The molecule has 0 radical (unpaired) electrons. The first kappa shape index (κ1) is 83.9. The van der Waals surface area contributed by atoms with Gasteiger partial charge in [0, 0.05) is 6.42 Å². The Hall–Kier alpha value is -3.10. The van der Waals surface area contributed by atoms with Crippen LogP contribution in [0, 0.1) is 0 Å². The van der Waals surface area contributed by atoms with Gasteiger partial charge in [0.05, 0.1) is 39.9 Å². The largest absolute Gasteiger partial charge is 0.756 e. The standard InChI is InChI=1S/C78H139N2O6P/c1-6-8-10-12-14-16-18-20-22-24-26-28-30-32-34-36-37-38-39-40-41-42-43-44-46-48-50-52-54-56-58-60-62-64-66-68-70-72-78(82)79-76(75-86-87(83,84)85-74-73-80(3,4)5)77(81)71-69-67-65-63-61-59-57-55-53-51-49-47-45-35-33-31-29-27-25-23-21-19-17-15-13-11-9-7-2/h8,10,14,16,20,22,26,28,32,34,37-38,40-41,43-44,61,63,69,71,76-77,81H,6-7,9,11-13,15,17-19,21,23-25,27,29-31,33,35-36,39,42,45-60,62,64-68,70,72-75H2,1-5H3,(H-,79,82,83,84)/b10-8-,16-14-,22-20-,28-26-,34-32-,38-37-,41-40-,44-43-,63-61+,71-69+. The minimum Gasteiger partial charge on any atom is -0.756 e. The summed E-state index contributed by atoms with van der Waals surface area (Å²) in [5, 5.41) is 14.0. The number of carbonyl (C=O) groups is 1. The predicted octanol–water partition coefficient (Wildman–Crippen LogP) is 23.0. The molecule has 9 heteroatoms. The highest BCUT2D eigenvalue weighted by Crippen LogP contribution is 2.38. The summed E-state index contributed by atoms with van der Waals surface area (Å²) in [6, 6.07) is -0.914. The SMILES string of the molecule is CC/C=C\C/C=C\C/C=C\C/C=C\C/C=C\C/C=C\C/C=C\C/C=C\CCCCCCCCCCCCCCC(=O)NC(COP(=O)([O-])OCC[N+](C)(C)C)C(O)/C=C/CC/C=C/CCCCCCCCCCCCCCCCCCCCCCCC. The summed E-state index contributed by atoms with van der Waals surface area (Å²) >= 11 is 0. The van der Waals surface area contributed by atoms with Crippen molar-refractivity contribution in [1.29, 1.82) is 0 Å². The Morgan fingerprint density at radius 2 is 0.713 bits per heavy atom. The maximum atomic E-state index is 13.0. The summed E-state index contributed by atoms with van der Waals surface area (Å²) in [5.41, 5.74) is 0. The Morgan fingerprint density at radius 3 is 1.07 bits per heavy atom. The third-order valence-corrected chi connectivity index (χ3v) is 16.9. The van der Waals surface area contributed by atoms with Gasteiger partial charge in [-0.3, -0.25) is 9.36 Å². The van der Waals surface area contributed by atoms with E-state index in [9.17, 15) is 19.4 Å². The van der Waals surface area contributed by atoms with Crippen LogP contribution in [0.2, 0.25) is 0 Å². The molecule has 3 atom stereocenters. The zero-order valence-electron chi connectivity index (χ0n) is 57.4. The van der Waals surface area contributed by atoms with Crippen LogP contribution in [-0.4, -0.2) is 68.5 Å². The monoisotopic (exact) mass is 1230 g/mol. The number of likely N-dealkylation sites (N-methyl/N-ethyl adjacent to an activating group) is 1. The van der Waals surface area contributed by atoms with Gasteiger partial charge in [0.1, 0.15) is 13.2 Å². The molecule has 0 fully saturated rings. The van der Waals surface area contributed by atoms with Gasteiger partial charge in [-0.1, -0.05) is 334 Å². The number of unbranched alkanes of at least 4 members (excludes halogenated alkanes) is 35. The third kappa shape index (κ3) is 70.2. The van der Waals surface area contributed by atoms with Gasteiger partial charge in [0.25, 0.3) is 7.82 Å². The zero-order chi connectivity index (χ0) is 63.4. The number of amides is 1. The number of nitrogens with one attached hydrogen (secondary N) is 1. The molecular formula is C78H139N2O6P. The number of phosphoric acid groups is 1. The van der Waals surface area contributed by atoms with E-state index >= 15 is 0 Å². The Kier molecular flexibility index (Phi) is 64.9. The zero-order valence-corrected chi connectivity index (χ0v) is 58.3. The van der Waals surface area contributed by atoms with Crippen molar-refractivity contribution in [1.82, 2.24) is 5.32 Å². The second-order valence-electron chi connectivity index (χ2n) is 25.6. The number of nitrogens with zero attached hydrogens (tertiary/aromatic N) is 1. The number of hydrogen-bond acceptors (Lipinski definition) is 6. The van der Waals surface area contributed by atoms with Crippen molar-refractivity contribution in [2.24, 2.45) is 0 Å². The van der Waals surface area contributed by atoms with Gasteiger partial charge in [-0.15, -0.1) is 0 Å². The molecule has 2 N–H and O–H groups in total. The number of rotatable bonds is 66. The highest BCUT2D eigenvalue weighted by atomic mass is 31.2. The van der Waals surface area contributed by atoms with Gasteiger partial charge in [-0.2, -0.15) is 0 Å². The van der Waals surface area contributed by atoms with Crippen molar-refractivity contribution >= 4 is 13.7 Å². The maximum absolute atomic E-state index is 13.0. The van der Waals surface area contributed by atoms with Crippen molar-refractivity contribution in [2.45, 2.75) is 328 Å². The Morgan fingerprint density at radius 1 is 0.414 bits per heavy atom. The van der Waals surface area contributed by atoms with Crippen LogP contribution in [0.25, 0.3) is 0 Å². The molecule has 0 spiro atoms. The van der Waals surface area contributed by atoms with Crippen LogP contribution in [0.5, 0.6) is 0 Å². The lowest BCUT2D eigenvalue weighted by Crippen LogP contribution is -2.45. The molecule has 87 heavy (non-hydrogen) atoms. The summed E-state index contributed by atoms with van der Waals surface area (Å²) in [5.74, 6) is -0.211. The Labute approximate surface area is 539 Å². The van der Waals surface area contributed by atoms with Crippen LogP contribution in [0.4, 0.5) is 0 Å². The molecular weight excluding hydrogens is 1090 g/mol. The van der Waals surface area contributed by atoms with Crippen molar-refractivity contribution in [3.8, 4) is 0 Å². The first-order chi connectivity index (χ1) is 42.5. The quantitative estimate of drug-likeness (QED) is 0.0272. The first-order valence-electron chi connectivity index (χ1n) is 36.4. The average Bonchev–Trinajstić information content (AvgIpc) is 3.70. The normalized spacial score (nSPS) is 14.3. The van der Waals surface area contributed by atoms with Gasteiger partial charge in [0.2, 0.25) is 5.91 Å². The third-order valence-electron chi connectivity index (χ3n) is 15.9. The second kappa shape index (κ2) is 67.3. The average molecular weight is 1230 g/mol. The summed E-state index contributed by atoms with van der Waals surface area (Å²) in [4.78, 5) is 25.7. The predicted molar refractivity (Wildman–Crippen MR) is 380 cm³/mol. The molecule has 0 saturated carbocycles. The first-order valence-corrected chi connectivity index (χ1v) is 37.9. The van der Waals surface area contributed by atoms with E-state index in [0.29, 0.717) is 17.4 Å². The second-order valence-corrected chi connectivity index (χ2v) is 27.0. The van der Waals surface area contributed by atoms with Gasteiger partial charge in [-0.25, -0.2) is 0 Å². The molecule has 3 unspecified atom stereocenters. The fourth-order valence-electron chi connectivity index (χ4n) is 10.3. The Balaban J connectivity index is 4.12. The maximum Gasteiger partial charge on any atom is 0.268 e. The molecule has 0 rings (SSSR count). The number of quaternary nitrogens is 1. The fraction of sp³-hybridized carbons (Fsp3) is 0.731. The van der Waals surface area contributed by atoms with Crippen molar-refractivity contribution in [3.05, 3.63) is 122 Å². The van der Waals surface area contributed by atoms with Gasteiger partial charge in [0.15, 0.2) is 0 Å². The fourth-order valence-corrected chi connectivity index (χ4v) is 11.0. The van der Waals surface area contributed by atoms with E-state index in [1.807, 2.05) is 27.2 Å². The molecule has 0 aliphatic carbocycles. The number of allylic oxidation sites excluding steroid dienone is 19. The van der Waals surface area contributed by atoms with E-state index in [4.69, 9.17) is 9.05 Å². The van der Waals surface area contributed by atoms with Crippen LogP contribution in [0.1, 0.15) is 316 Å². The lowest BCUT2D eigenvalue weighted by molar-refractivity contribution is -0.870. The summed E-state index contributed by atoms with van der Waals surface area (Å²) in [6.45, 7) is 4.54. The molecule has 0 aromatic carbocycles. The molecule has 0 heterocycles. The molecule has 8 nitrogen and oxygen atoms in total. The summed E-state index contributed by atoms with van der Waals surface area (Å²) in [6.07, 6.45) is 100. The highest BCUT2D eigenvalue weighted by molar-refractivity contribution is 7.45. The molecule has 0 saturated heterocycles. The van der Waals surface area contributed by atoms with Gasteiger partial charge >= 0.3 is 0 Å². The van der Waals surface area contributed by atoms with Crippen LogP contribution in [0.15, 0.2) is 122 Å². The Bertz CT molecular complexity index is 1840. The van der Waals surface area contributed by atoms with Gasteiger partial charge < -0.3 is 28.8 Å². The van der Waals surface area contributed by atoms with Crippen LogP contribution in [0.3, 0.4) is 0 Å². The van der Waals surface area contributed by atoms with Crippen LogP contribution in [-0.2, 0) is 18.4 Å². The van der Waals surface area contributed by atoms with E-state index < -0.39 is 26.6 Å². The lowest BCUT2D eigenvalue weighted by Gasteiger charge is -2.29. The van der Waals surface area contributed by atoms with Crippen LogP contribution >= 0.6 is 7.82 Å². The van der Waals surface area contributed by atoms with Crippen LogP contribution < -0.4 is 10.2 Å². The molecule has 0 bridgehead atoms. The molecule has 502 valence electrons. The van der Waals surface area contributed by atoms with E-state index in [1.54, 1.807) is 6.08 Å². The number of carbonyl (C=O) groups excluding carboxylic acids is 1. The van der Waals surface area contributed by atoms with E-state index in [2.05, 4.69) is 129 Å². The highest BCUT2D eigenvalue weighted by Gasteiger charge is 2.23. The van der Waals surface area contributed by atoms with Crippen molar-refractivity contribution < 1.29 is 32.9 Å². The van der Waals surface area contributed by atoms with Gasteiger partial charge in [-0.05, 0) is 96.3 Å². The number of phosphoric ester groups is 1. The minimum absolute atomic E-state index is 0.0112. The van der Waals surface area contributed by atoms with Crippen molar-refractivity contribution in [3.63, 3.8) is 0 Å². The summed E-state index contributed by atoms with van der Waals surface area (Å²) in [7, 11) is 1.24. The summed E-state index contributed by atoms with van der Waals surface area (Å²) < 4.78 is 23.5. The lowest BCUT2D eigenvalue weighted by atomic mass is 10.0. The molecule has 0 aromatic heterocycles. The van der Waals surface area contributed by atoms with E-state index in [0.717, 1.165) is 89.9 Å². The molecule has 0 aromatic rings. The van der Waals surface area contributed by atoms with E-state index in [1.165, 1.54) is 205 Å². The topological polar surface area (TPSA) is 108 Å². The number of aliphatic hydroxyl groups excluding tert-OH is 1. The van der Waals surface area contributed by atoms with Crippen molar-refractivity contribution in [2.75, 3.05) is 40.9 Å². The number of aliphatic hydroxyl groups is 1. The number of hydrogen-bond donors (Lipinski definition) is 2. The molecule has 0 aliphatic heterocycles. The molecule has 1 amide bonds.